The Hall–Kier alpha value is -3.62. The van der Waals surface area contributed by atoms with Crippen LogP contribution < -0.4 is 10.9 Å². The number of alkyl halides is 2. The molecular weight excluding hydrogens is 454 g/mol. The molecule has 1 saturated carbocycles. The molecule has 0 spiro atoms. The third kappa shape index (κ3) is 5.39. The molecule has 1 unspecified atom stereocenters. The molecule has 2 aromatic rings. The Kier molecular flexibility index (Phi) is 7.67. The van der Waals surface area contributed by atoms with Gasteiger partial charge in [0.25, 0.3) is 11.5 Å². The lowest BCUT2D eigenvalue weighted by Crippen LogP contribution is -2.22. The minimum Gasteiger partial charge on any atom is -0.411 e. The van der Waals surface area contributed by atoms with Crippen LogP contribution in [0.3, 0.4) is 0 Å². The van der Waals surface area contributed by atoms with E-state index in [-0.39, 0.29) is 11.4 Å². The number of carbonyl (C=O) groups excluding carboxylic acids is 1. The maximum absolute atomic E-state index is 13.3. The summed E-state index contributed by atoms with van der Waals surface area (Å²) < 4.78 is 27.8. The fraction of sp³-hybridized carbons (Fsp3) is 0.385. The van der Waals surface area contributed by atoms with Crippen molar-refractivity contribution in [2.75, 3.05) is 5.32 Å². The fourth-order valence-corrected chi connectivity index (χ4v) is 4.06. The van der Waals surface area contributed by atoms with Gasteiger partial charge in [-0.05, 0) is 55.6 Å². The molecule has 0 radical (unpaired) electrons. The van der Waals surface area contributed by atoms with Crippen molar-refractivity contribution < 1.29 is 18.8 Å². The van der Waals surface area contributed by atoms with Gasteiger partial charge in [-0.2, -0.15) is 0 Å². The minimum absolute atomic E-state index is 0.111. The summed E-state index contributed by atoms with van der Waals surface area (Å²) in [6, 6.07) is 3.23. The third-order valence-corrected chi connectivity index (χ3v) is 6.09. The fourth-order valence-electron chi connectivity index (χ4n) is 4.06. The van der Waals surface area contributed by atoms with Crippen molar-refractivity contribution in [2.24, 2.45) is 18.1 Å². The van der Waals surface area contributed by atoms with E-state index < -0.39 is 24.2 Å². The first-order valence-electron chi connectivity index (χ1n) is 11.5. The molecule has 2 N–H and O–H groups in total. The number of oxime groups is 1. The number of aryl methyl sites for hydroxylation is 1. The van der Waals surface area contributed by atoms with E-state index in [2.05, 4.69) is 15.5 Å². The van der Waals surface area contributed by atoms with Crippen molar-refractivity contribution in [1.29, 1.82) is 0 Å². The van der Waals surface area contributed by atoms with Crippen molar-refractivity contribution >= 4 is 33.9 Å². The number of anilines is 1. The van der Waals surface area contributed by atoms with Gasteiger partial charge in [-0.3, -0.25) is 9.59 Å². The second kappa shape index (κ2) is 10.3. The Labute approximate surface area is 202 Å². The molecule has 1 aliphatic carbocycles. The normalized spacial score (nSPS) is 18.7. The van der Waals surface area contributed by atoms with Crippen LogP contribution in [0.15, 0.2) is 57.7 Å². The molecule has 1 atom stereocenters. The first-order valence-corrected chi connectivity index (χ1v) is 11.5. The van der Waals surface area contributed by atoms with Crippen LogP contribution in [0, 0.1) is 5.92 Å². The van der Waals surface area contributed by atoms with Gasteiger partial charge in [-0.1, -0.05) is 31.2 Å². The van der Waals surface area contributed by atoms with Crippen LogP contribution in [0.25, 0.3) is 16.5 Å². The Balaban J connectivity index is 2.00. The number of rotatable bonds is 8. The number of aromatic nitrogens is 2. The maximum atomic E-state index is 13.3. The second-order valence-electron chi connectivity index (χ2n) is 8.56. The van der Waals surface area contributed by atoms with Gasteiger partial charge in [0, 0.05) is 36.7 Å². The van der Waals surface area contributed by atoms with Gasteiger partial charge in [-0.25, -0.2) is 13.8 Å². The SMILES string of the molecule is C\C=C(/C(C)=C\C(=C\CC)C(\CC)=N/O)c1cc2cnc(NC(=O)C3CC3(F)F)cc2n(C)c1=O. The molecule has 0 bridgehead atoms. The predicted octanol–water partition coefficient (Wildman–Crippen LogP) is 5.45. The molecular formula is C26H30F2N4O3. The monoisotopic (exact) mass is 484 g/mol. The van der Waals surface area contributed by atoms with Gasteiger partial charge in [0.15, 0.2) is 0 Å². The summed E-state index contributed by atoms with van der Waals surface area (Å²) in [7, 11) is 1.61. The van der Waals surface area contributed by atoms with Crippen molar-refractivity contribution in [3.63, 3.8) is 0 Å². The molecule has 186 valence electrons. The summed E-state index contributed by atoms with van der Waals surface area (Å²) in [5.74, 6) is -4.98. The highest BCUT2D eigenvalue weighted by Crippen LogP contribution is 2.49. The molecule has 2 aromatic heterocycles. The van der Waals surface area contributed by atoms with E-state index in [1.54, 1.807) is 13.1 Å². The maximum Gasteiger partial charge on any atom is 0.260 e. The Morgan fingerprint density at radius 1 is 1.37 bits per heavy atom. The third-order valence-electron chi connectivity index (χ3n) is 6.09. The molecule has 9 heteroatoms. The molecule has 1 fully saturated rings. The van der Waals surface area contributed by atoms with E-state index in [0.717, 1.165) is 23.1 Å². The lowest BCUT2D eigenvalue weighted by molar-refractivity contribution is -0.119. The predicted molar refractivity (Wildman–Crippen MR) is 134 cm³/mol. The molecule has 0 aromatic carbocycles. The number of carbonyl (C=O) groups is 1. The summed E-state index contributed by atoms with van der Waals surface area (Å²) in [4.78, 5) is 29.5. The Morgan fingerprint density at radius 3 is 2.60 bits per heavy atom. The summed E-state index contributed by atoms with van der Waals surface area (Å²) in [5.41, 5.74) is 3.59. The molecule has 1 aliphatic rings. The van der Waals surface area contributed by atoms with Crippen molar-refractivity contribution in [3.05, 3.63) is 63.6 Å². The summed E-state index contributed by atoms with van der Waals surface area (Å²) in [6.45, 7) is 7.61. The lowest BCUT2D eigenvalue weighted by Gasteiger charge is -2.14. The highest BCUT2D eigenvalue weighted by atomic mass is 19.3. The lowest BCUT2D eigenvalue weighted by atomic mass is 9.95. The number of pyridine rings is 2. The number of fused-ring (bicyclic) bond motifs is 1. The molecule has 35 heavy (non-hydrogen) atoms. The van der Waals surface area contributed by atoms with Gasteiger partial charge in [0.05, 0.1) is 11.2 Å². The second-order valence-corrected chi connectivity index (χ2v) is 8.56. The van der Waals surface area contributed by atoms with Crippen LogP contribution in [0.1, 0.15) is 52.5 Å². The van der Waals surface area contributed by atoms with Crippen LogP contribution in [0.5, 0.6) is 0 Å². The molecule has 0 aliphatic heterocycles. The molecule has 3 rings (SSSR count). The Morgan fingerprint density at radius 2 is 2.06 bits per heavy atom. The first-order chi connectivity index (χ1) is 16.6. The molecule has 0 saturated heterocycles. The average molecular weight is 485 g/mol. The smallest absolute Gasteiger partial charge is 0.260 e. The molecule has 7 nitrogen and oxygen atoms in total. The largest absolute Gasteiger partial charge is 0.411 e. The van der Waals surface area contributed by atoms with E-state index in [1.807, 2.05) is 45.9 Å². The van der Waals surface area contributed by atoms with Crippen molar-refractivity contribution in [1.82, 2.24) is 9.55 Å². The molecule has 1 amide bonds. The minimum atomic E-state index is -2.97. The van der Waals surface area contributed by atoms with E-state index >= 15 is 0 Å². The van der Waals surface area contributed by atoms with Crippen LogP contribution in [-0.2, 0) is 11.8 Å². The first kappa shape index (κ1) is 26.0. The summed E-state index contributed by atoms with van der Waals surface area (Å²) in [6.07, 6.45) is 8.05. The van der Waals surface area contributed by atoms with E-state index in [0.29, 0.717) is 28.6 Å². The summed E-state index contributed by atoms with van der Waals surface area (Å²) >= 11 is 0. The number of nitrogens with zero attached hydrogens (tertiary/aromatic N) is 3. The number of allylic oxidation sites excluding steroid dienone is 6. The van der Waals surface area contributed by atoms with Crippen LogP contribution in [0.2, 0.25) is 0 Å². The number of halogens is 2. The van der Waals surface area contributed by atoms with Crippen LogP contribution in [0.4, 0.5) is 14.6 Å². The quantitative estimate of drug-likeness (QED) is 0.225. The number of nitrogens with one attached hydrogen (secondary N) is 1. The van der Waals surface area contributed by atoms with E-state index in [1.165, 1.54) is 16.8 Å². The standard InChI is InChI=1S/C26H30F2N4O3/c1-6-9-16(21(8-3)31-35)10-15(4)18(7-2)19-11-17-14-29-23(12-22(17)32(5)25(19)34)30-24(33)20-13-26(20,27)28/h7,9-12,14,20,35H,6,8,13H2,1-5H3,(H,29,30,33)/b15-10-,16-9-,18-7+,31-21-. The number of hydrogen-bond acceptors (Lipinski definition) is 5. The highest BCUT2D eigenvalue weighted by molar-refractivity contribution is 6.03. The van der Waals surface area contributed by atoms with Gasteiger partial charge in [-0.15, -0.1) is 0 Å². The van der Waals surface area contributed by atoms with Gasteiger partial charge in [0.1, 0.15) is 11.7 Å². The topological polar surface area (TPSA) is 96.6 Å². The van der Waals surface area contributed by atoms with Crippen LogP contribution >= 0.6 is 0 Å². The summed E-state index contributed by atoms with van der Waals surface area (Å²) in [5, 5.41) is 15.8. The zero-order chi connectivity index (χ0) is 25.9. The van der Waals surface area contributed by atoms with Gasteiger partial charge >= 0.3 is 0 Å². The Bertz CT molecular complexity index is 1340. The highest BCUT2D eigenvalue weighted by Gasteiger charge is 2.61. The zero-order valence-electron chi connectivity index (χ0n) is 20.5. The van der Waals surface area contributed by atoms with Crippen molar-refractivity contribution in [2.45, 2.75) is 52.9 Å². The van der Waals surface area contributed by atoms with Crippen molar-refractivity contribution in [3.8, 4) is 0 Å². The van der Waals surface area contributed by atoms with Crippen LogP contribution in [-0.4, -0.2) is 32.3 Å². The number of hydrogen-bond donors (Lipinski definition) is 2. The molecule has 2 heterocycles. The average Bonchev–Trinajstić information content (AvgIpc) is 3.47. The van der Waals surface area contributed by atoms with E-state index in [4.69, 9.17) is 0 Å². The van der Waals surface area contributed by atoms with Gasteiger partial charge in [0.2, 0.25) is 5.91 Å². The van der Waals surface area contributed by atoms with E-state index in [9.17, 15) is 23.6 Å². The zero-order valence-corrected chi connectivity index (χ0v) is 20.5. The number of amides is 1. The van der Waals surface area contributed by atoms with Gasteiger partial charge < -0.3 is 15.1 Å².